The molecule has 0 radical (unpaired) electrons. The zero-order valence-corrected chi connectivity index (χ0v) is 11.9. The average molecular weight is 287 g/mol. The Morgan fingerprint density at radius 2 is 1.81 bits per heavy atom. The molecule has 110 valence electrons. The molecule has 2 atom stereocenters. The number of carbonyl (C=O) groups excluding carboxylic acids is 3. The zero-order chi connectivity index (χ0) is 15.0. The summed E-state index contributed by atoms with van der Waals surface area (Å²) in [4.78, 5) is 37.5. The van der Waals surface area contributed by atoms with Crippen LogP contribution in [0.4, 0.5) is 0 Å². The van der Waals surface area contributed by atoms with Crippen molar-refractivity contribution < 1.29 is 19.1 Å². The van der Waals surface area contributed by atoms with Crippen molar-refractivity contribution in [1.29, 1.82) is 0 Å². The number of ether oxygens (including phenoxy) is 1. The van der Waals surface area contributed by atoms with Crippen LogP contribution in [0, 0.1) is 5.92 Å². The van der Waals surface area contributed by atoms with Crippen molar-refractivity contribution in [1.82, 2.24) is 4.90 Å². The van der Waals surface area contributed by atoms with Crippen molar-refractivity contribution in [3.05, 3.63) is 35.4 Å². The lowest BCUT2D eigenvalue weighted by Gasteiger charge is -2.22. The number of hydrogen-bond donors (Lipinski definition) is 0. The van der Waals surface area contributed by atoms with Crippen LogP contribution < -0.4 is 0 Å². The van der Waals surface area contributed by atoms with Crippen LogP contribution in [0.1, 0.15) is 46.4 Å². The molecule has 1 aliphatic carbocycles. The largest absolute Gasteiger partial charge is 0.469 e. The summed E-state index contributed by atoms with van der Waals surface area (Å²) in [5.41, 5.74) is 0.970. The van der Waals surface area contributed by atoms with Crippen LogP contribution >= 0.6 is 0 Å². The Morgan fingerprint density at radius 1 is 1.19 bits per heavy atom. The number of imide groups is 1. The van der Waals surface area contributed by atoms with Crippen LogP contribution in [0.5, 0.6) is 0 Å². The lowest BCUT2D eigenvalue weighted by Crippen LogP contribution is -2.38. The monoisotopic (exact) mass is 287 g/mol. The van der Waals surface area contributed by atoms with Crippen molar-refractivity contribution in [3.63, 3.8) is 0 Å². The number of fused-ring (bicyclic) bond motifs is 1. The molecule has 3 rings (SSSR count). The average Bonchev–Trinajstić information content (AvgIpc) is 3.03. The first-order chi connectivity index (χ1) is 10.1. The van der Waals surface area contributed by atoms with Crippen molar-refractivity contribution in [2.75, 3.05) is 7.11 Å². The highest BCUT2D eigenvalue weighted by atomic mass is 16.5. The van der Waals surface area contributed by atoms with E-state index in [-0.39, 0.29) is 29.7 Å². The quantitative estimate of drug-likeness (QED) is 0.630. The molecule has 1 aliphatic heterocycles. The summed E-state index contributed by atoms with van der Waals surface area (Å²) in [6.07, 6.45) is 2.64. The molecule has 2 unspecified atom stereocenters. The van der Waals surface area contributed by atoms with Crippen molar-refractivity contribution in [2.45, 2.75) is 31.7 Å². The molecule has 0 bridgehead atoms. The Balaban J connectivity index is 1.74. The number of esters is 1. The standard InChI is InChI=1S/C16H17NO4/c1-21-14(18)9-10-6-7-11(8-10)17-15(19)12-4-2-3-5-13(12)16(17)20/h2-5,10-11H,6-9H2,1H3. The summed E-state index contributed by atoms with van der Waals surface area (Å²) >= 11 is 0. The Bertz CT molecular complexity index is 575. The van der Waals surface area contributed by atoms with Crippen molar-refractivity contribution >= 4 is 17.8 Å². The fraction of sp³-hybridized carbons (Fsp3) is 0.438. The fourth-order valence-electron chi connectivity index (χ4n) is 3.33. The third-order valence-electron chi connectivity index (χ3n) is 4.39. The second-order valence-electron chi connectivity index (χ2n) is 5.64. The molecule has 0 spiro atoms. The van der Waals surface area contributed by atoms with E-state index in [1.54, 1.807) is 24.3 Å². The molecular weight excluding hydrogens is 270 g/mol. The van der Waals surface area contributed by atoms with E-state index in [9.17, 15) is 14.4 Å². The van der Waals surface area contributed by atoms with E-state index in [0.29, 0.717) is 24.0 Å². The second-order valence-corrected chi connectivity index (χ2v) is 5.64. The van der Waals surface area contributed by atoms with Crippen LogP contribution in [0.25, 0.3) is 0 Å². The lowest BCUT2D eigenvalue weighted by atomic mass is 10.0. The predicted octanol–water partition coefficient (Wildman–Crippen LogP) is 2.01. The Labute approximate surface area is 122 Å². The van der Waals surface area contributed by atoms with Crippen LogP contribution in [-0.2, 0) is 9.53 Å². The molecule has 1 fully saturated rings. The molecule has 1 aromatic carbocycles. The van der Waals surface area contributed by atoms with Crippen LogP contribution in [0.2, 0.25) is 0 Å². The molecule has 2 amide bonds. The van der Waals surface area contributed by atoms with Crippen LogP contribution in [0.15, 0.2) is 24.3 Å². The van der Waals surface area contributed by atoms with Gasteiger partial charge in [-0.3, -0.25) is 19.3 Å². The summed E-state index contributed by atoms with van der Waals surface area (Å²) in [5.74, 6) is -0.464. The number of amides is 2. The van der Waals surface area contributed by atoms with Gasteiger partial charge in [0.25, 0.3) is 11.8 Å². The molecule has 5 heteroatoms. The predicted molar refractivity (Wildman–Crippen MR) is 74.7 cm³/mol. The number of benzene rings is 1. The fourth-order valence-corrected chi connectivity index (χ4v) is 3.33. The number of hydrogen-bond acceptors (Lipinski definition) is 4. The smallest absolute Gasteiger partial charge is 0.305 e. The van der Waals surface area contributed by atoms with E-state index in [1.165, 1.54) is 12.0 Å². The molecule has 1 aromatic rings. The summed E-state index contributed by atoms with van der Waals surface area (Å²) < 4.78 is 4.68. The minimum atomic E-state index is -0.233. The number of rotatable bonds is 3. The molecular formula is C16H17NO4. The number of nitrogens with zero attached hydrogens (tertiary/aromatic N) is 1. The van der Waals surface area contributed by atoms with E-state index in [0.717, 1.165) is 12.8 Å². The number of methoxy groups -OCH3 is 1. The minimum Gasteiger partial charge on any atom is -0.469 e. The molecule has 2 aliphatic rings. The van der Waals surface area contributed by atoms with E-state index in [2.05, 4.69) is 4.74 Å². The topological polar surface area (TPSA) is 63.7 Å². The second kappa shape index (κ2) is 5.31. The first-order valence-electron chi connectivity index (χ1n) is 7.15. The molecule has 0 aromatic heterocycles. The van der Waals surface area contributed by atoms with E-state index in [1.807, 2.05) is 0 Å². The van der Waals surface area contributed by atoms with Gasteiger partial charge in [0.1, 0.15) is 0 Å². The normalized spacial score (nSPS) is 24.3. The first-order valence-corrected chi connectivity index (χ1v) is 7.15. The highest BCUT2D eigenvalue weighted by Crippen LogP contribution is 2.36. The van der Waals surface area contributed by atoms with Crippen molar-refractivity contribution in [2.24, 2.45) is 5.92 Å². The SMILES string of the molecule is COC(=O)CC1CCC(N2C(=O)c3ccccc3C2=O)C1. The lowest BCUT2D eigenvalue weighted by molar-refractivity contribution is -0.141. The summed E-state index contributed by atoms with van der Waals surface area (Å²) in [6.45, 7) is 0. The zero-order valence-electron chi connectivity index (χ0n) is 11.9. The molecule has 1 saturated carbocycles. The molecule has 21 heavy (non-hydrogen) atoms. The third-order valence-corrected chi connectivity index (χ3v) is 4.39. The maximum atomic E-state index is 12.4. The van der Waals surface area contributed by atoms with Gasteiger partial charge in [0.05, 0.1) is 18.2 Å². The van der Waals surface area contributed by atoms with Gasteiger partial charge >= 0.3 is 5.97 Å². The van der Waals surface area contributed by atoms with E-state index < -0.39 is 0 Å². The van der Waals surface area contributed by atoms with Gasteiger partial charge < -0.3 is 4.74 Å². The highest BCUT2D eigenvalue weighted by Gasteiger charge is 2.42. The Hall–Kier alpha value is -2.17. The Kier molecular flexibility index (Phi) is 3.49. The van der Waals surface area contributed by atoms with E-state index in [4.69, 9.17) is 0 Å². The summed E-state index contributed by atoms with van der Waals surface area (Å²) in [7, 11) is 1.37. The minimum absolute atomic E-state index is 0.105. The number of carbonyl (C=O) groups is 3. The van der Waals surface area contributed by atoms with Gasteiger partial charge in [-0.25, -0.2) is 0 Å². The highest BCUT2D eigenvalue weighted by molar-refractivity contribution is 6.21. The van der Waals surface area contributed by atoms with Crippen LogP contribution in [-0.4, -0.2) is 35.8 Å². The van der Waals surface area contributed by atoms with Gasteiger partial charge in [0.15, 0.2) is 0 Å². The maximum Gasteiger partial charge on any atom is 0.305 e. The van der Waals surface area contributed by atoms with Gasteiger partial charge in [0.2, 0.25) is 0 Å². The molecule has 0 N–H and O–H groups in total. The van der Waals surface area contributed by atoms with Crippen LogP contribution in [0.3, 0.4) is 0 Å². The maximum absolute atomic E-state index is 12.4. The first kappa shape index (κ1) is 13.8. The van der Waals surface area contributed by atoms with Gasteiger partial charge in [0, 0.05) is 12.5 Å². The van der Waals surface area contributed by atoms with Gasteiger partial charge in [-0.2, -0.15) is 0 Å². The summed E-state index contributed by atoms with van der Waals surface area (Å²) in [5, 5.41) is 0. The Morgan fingerprint density at radius 3 is 2.38 bits per heavy atom. The van der Waals surface area contributed by atoms with E-state index >= 15 is 0 Å². The molecule has 0 saturated heterocycles. The van der Waals surface area contributed by atoms with Gasteiger partial charge in [-0.05, 0) is 37.3 Å². The molecule has 1 heterocycles. The van der Waals surface area contributed by atoms with Gasteiger partial charge in [-0.15, -0.1) is 0 Å². The third kappa shape index (κ3) is 2.33. The van der Waals surface area contributed by atoms with Crippen molar-refractivity contribution in [3.8, 4) is 0 Å². The summed E-state index contributed by atoms with van der Waals surface area (Å²) in [6, 6.07) is 6.81. The van der Waals surface area contributed by atoms with Gasteiger partial charge in [-0.1, -0.05) is 12.1 Å². The molecule has 5 nitrogen and oxygen atoms in total.